The minimum absolute atomic E-state index is 0. The van der Waals surface area contributed by atoms with Gasteiger partial charge >= 0.3 is 57.4 Å². The summed E-state index contributed by atoms with van der Waals surface area (Å²) in [6, 6.07) is 0. The predicted molar refractivity (Wildman–Crippen MR) is 153 cm³/mol. The first-order chi connectivity index (χ1) is 17.5. The van der Waals surface area contributed by atoms with Gasteiger partial charge in [-0.05, 0) is 19.3 Å². The smallest absolute Gasteiger partial charge is 0.550 e. The molecular weight excluding hydrogens is 487 g/mol. The van der Waals surface area contributed by atoms with E-state index in [0.717, 1.165) is 25.7 Å². The van der Waals surface area contributed by atoms with Crippen molar-refractivity contribution in [2.75, 3.05) is 0 Å². The van der Waals surface area contributed by atoms with Gasteiger partial charge in [0.15, 0.2) is 0 Å². The summed E-state index contributed by atoms with van der Waals surface area (Å²) < 4.78 is 0. The van der Waals surface area contributed by atoms with Crippen molar-refractivity contribution in [1.82, 2.24) is 0 Å². The molecule has 0 aliphatic carbocycles. The molecule has 0 unspecified atom stereocenters. The first-order valence-corrected chi connectivity index (χ1v) is 16.0. The molecule has 5 heteroatoms. The van der Waals surface area contributed by atoms with Crippen LogP contribution in [0.5, 0.6) is 0 Å². The molecule has 0 aromatic carbocycles. The van der Waals surface area contributed by atoms with E-state index in [1.807, 2.05) is 0 Å². The Bertz CT molecular complexity index is 403. The zero-order valence-electron chi connectivity index (χ0n) is 25.5. The average molecular weight is 551 g/mol. The van der Waals surface area contributed by atoms with Crippen LogP contribution in [0.4, 0.5) is 0 Å². The molecule has 0 aliphatic heterocycles. The van der Waals surface area contributed by atoms with Gasteiger partial charge in [-0.2, -0.15) is 0 Å². The van der Waals surface area contributed by atoms with E-state index in [1.165, 1.54) is 141 Å². The summed E-state index contributed by atoms with van der Waals surface area (Å²) in [5.41, 5.74) is 0. The van der Waals surface area contributed by atoms with Gasteiger partial charge in [-0.1, -0.05) is 168 Å². The molecule has 0 heterocycles. The minimum Gasteiger partial charge on any atom is -0.550 e. The Morgan fingerprint density at radius 1 is 0.432 bits per heavy atom. The third-order valence-electron chi connectivity index (χ3n) is 6.98. The normalized spacial score (nSPS) is 10.4. The van der Waals surface area contributed by atoms with E-state index < -0.39 is 11.9 Å². The summed E-state index contributed by atoms with van der Waals surface area (Å²) >= 11 is 0. The Kier molecular flexibility index (Phi) is 44.0. The molecule has 0 saturated heterocycles. The summed E-state index contributed by atoms with van der Waals surface area (Å²) in [6.45, 7) is 4.52. The molecule has 0 aliphatic rings. The molecule has 0 aromatic heterocycles. The maximum absolute atomic E-state index is 10.3. The Labute approximate surface area is 274 Å². The van der Waals surface area contributed by atoms with E-state index in [9.17, 15) is 14.7 Å². The molecule has 0 rings (SSSR count). The monoisotopic (exact) mass is 550 g/mol. The fourth-order valence-corrected chi connectivity index (χ4v) is 4.58. The number of carboxylic acid groups (broad SMARTS) is 2. The summed E-state index contributed by atoms with van der Waals surface area (Å²) in [4.78, 5) is 20.5. The van der Waals surface area contributed by atoms with Crippen LogP contribution in [-0.4, -0.2) is 17.0 Å². The van der Waals surface area contributed by atoms with Gasteiger partial charge in [-0.25, -0.2) is 0 Å². The molecule has 0 aromatic rings. The fourth-order valence-electron chi connectivity index (χ4n) is 4.58. The quantitative estimate of drug-likeness (QED) is 0.0861. The third-order valence-corrected chi connectivity index (χ3v) is 6.98. The van der Waals surface area contributed by atoms with Crippen LogP contribution in [-0.2, 0) is 9.59 Å². The van der Waals surface area contributed by atoms with Crippen molar-refractivity contribution in [1.29, 1.82) is 0 Å². The van der Waals surface area contributed by atoms with Crippen LogP contribution in [0.25, 0.3) is 0 Å². The molecule has 37 heavy (non-hydrogen) atoms. The van der Waals surface area contributed by atoms with Crippen molar-refractivity contribution in [3.63, 3.8) is 0 Å². The van der Waals surface area contributed by atoms with Crippen molar-refractivity contribution in [3.05, 3.63) is 0 Å². The maximum atomic E-state index is 10.3. The van der Waals surface area contributed by atoms with Crippen LogP contribution >= 0.6 is 0 Å². The van der Waals surface area contributed by atoms with Gasteiger partial charge in [0.1, 0.15) is 0 Å². The molecule has 216 valence electrons. The number of rotatable bonds is 28. The summed E-state index contributed by atoms with van der Waals surface area (Å²) in [6.07, 6.45) is 34.2. The molecule has 0 amide bonds. The number of unbranched alkanes of at least 4 members (excludes halogenated alkanes) is 24. The van der Waals surface area contributed by atoms with E-state index in [0.29, 0.717) is 6.42 Å². The molecule has 0 spiro atoms. The largest absolute Gasteiger partial charge is 1.00 e. The van der Waals surface area contributed by atoms with E-state index in [2.05, 4.69) is 13.8 Å². The van der Waals surface area contributed by atoms with Crippen molar-refractivity contribution < 1.29 is 71.2 Å². The molecule has 0 fully saturated rings. The molecule has 0 atom stereocenters. The van der Waals surface area contributed by atoms with Gasteiger partial charge in [0, 0.05) is 12.4 Å². The van der Waals surface area contributed by atoms with Gasteiger partial charge in [0.2, 0.25) is 0 Å². The summed E-state index contributed by atoms with van der Waals surface area (Å²) in [5.74, 6) is -1.56. The zero-order chi connectivity index (χ0) is 27.0. The van der Waals surface area contributed by atoms with Crippen LogP contribution in [0.3, 0.4) is 0 Å². The maximum Gasteiger partial charge on any atom is 1.00 e. The van der Waals surface area contributed by atoms with Crippen LogP contribution in [0.2, 0.25) is 0 Å². The second-order valence-electron chi connectivity index (χ2n) is 10.8. The second-order valence-corrected chi connectivity index (χ2v) is 10.8. The number of aliphatic carboxylic acids is 2. The van der Waals surface area contributed by atoms with Gasteiger partial charge in [-0.15, -0.1) is 0 Å². The molecule has 0 saturated carbocycles. The fraction of sp³-hybridized carbons (Fsp3) is 0.938. The zero-order valence-corrected chi connectivity index (χ0v) is 28.6. The minimum atomic E-state index is -0.905. The molecular formula is C32H63KO4. The molecule has 0 radical (unpaired) electrons. The first kappa shape index (κ1) is 42.0. The number of carbonyl (C=O) groups excluding carboxylic acids is 1. The topological polar surface area (TPSA) is 77.4 Å². The summed E-state index contributed by atoms with van der Waals surface area (Å²) in [5, 5.41) is 18.7. The SMILES string of the molecule is CCCCCCCCCCCCCCCC(=O)O.CCCCCCCCCCCCCCCC(=O)[O-].[K+]. The standard InChI is InChI=1S/2C16H32O2.K/c2*1-2-3-4-5-6-7-8-9-10-11-12-13-14-15-16(17)18;/h2*2-15H2,1H3,(H,17,18);/q;;+1/p-1. The number of hydrogen-bond acceptors (Lipinski definition) is 3. The van der Waals surface area contributed by atoms with Crippen molar-refractivity contribution in [2.24, 2.45) is 0 Å². The third kappa shape index (κ3) is 46.8. The average Bonchev–Trinajstić information content (AvgIpc) is 2.85. The Balaban J connectivity index is -0.000000608. The summed E-state index contributed by atoms with van der Waals surface area (Å²) in [7, 11) is 0. The van der Waals surface area contributed by atoms with Crippen LogP contribution < -0.4 is 56.5 Å². The number of hydrogen-bond donors (Lipinski definition) is 1. The van der Waals surface area contributed by atoms with Crippen LogP contribution in [0, 0.1) is 0 Å². The number of carbonyl (C=O) groups is 2. The Morgan fingerprint density at radius 2 is 0.649 bits per heavy atom. The number of carboxylic acids is 2. The molecule has 4 nitrogen and oxygen atoms in total. The van der Waals surface area contributed by atoms with Crippen LogP contribution in [0.15, 0.2) is 0 Å². The van der Waals surface area contributed by atoms with Gasteiger partial charge in [-0.3, -0.25) is 4.79 Å². The van der Waals surface area contributed by atoms with Crippen molar-refractivity contribution in [3.8, 4) is 0 Å². The van der Waals surface area contributed by atoms with E-state index in [1.54, 1.807) is 0 Å². The molecule has 0 bridgehead atoms. The van der Waals surface area contributed by atoms with Gasteiger partial charge < -0.3 is 15.0 Å². The van der Waals surface area contributed by atoms with Gasteiger partial charge in [0.05, 0.1) is 0 Å². The van der Waals surface area contributed by atoms with Crippen molar-refractivity contribution >= 4 is 11.9 Å². The second kappa shape index (κ2) is 38.7. The van der Waals surface area contributed by atoms with Crippen LogP contribution in [0.1, 0.15) is 194 Å². The van der Waals surface area contributed by atoms with E-state index in [4.69, 9.17) is 5.11 Å². The first-order valence-electron chi connectivity index (χ1n) is 16.0. The van der Waals surface area contributed by atoms with E-state index in [-0.39, 0.29) is 57.8 Å². The van der Waals surface area contributed by atoms with Crippen molar-refractivity contribution in [2.45, 2.75) is 194 Å². The Morgan fingerprint density at radius 3 is 0.865 bits per heavy atom. The Hall–Kier alpha value is 0.576. The predicted octanol–water partition coefficient (Wildman–Crippen LogP) is 6.77. The molecule has 1 N–H and O–H groups in total. The van der Waals surface area contributed by atoms with Gasteiger partial charge in [0.25, 0.3) is 0 Å². The van der Waals surface area contributed by atoms with E-state index >= 15 is 0 Å².